The maximum absolute atomic E-state index is 13.1. The van der Waals surface area contributed by atoms with Crippen LogP contribution in [-0.2, 0) is 23.4 Å². The molecule has 0 radical (unpaired) electrons. The van der Waals surface area contributed by atoms with Crippen molar-refractivity contribution in [1.29, 1.82) is 0 Å². The first kappa shape index (κ1) is 24.4. The lowest BCUT2D eigenvalue weighted by Crippen LogP contribution is -2.22. The van der Waals surface area contributed by atoms with Crippen molar-refractivity contribution >= 4 is 66.5 Å². The summed E-state index contributed by atoms with van der Waals surface area (Å²) in [7, 11) is -4.10. The summed E-state index contributed by atoms with van der Waals surface area (Å²) in [6.45, 7) is 1.62. The van der Waals surface area contributed by atoms with Crippen molar-refractivity contribution in [3.63, 3.8) is 0 Å². The minimum atomic E-state index is -4.10. The molecule has 0 saturated heterocycles. The third-order valence-electron chi connectivity index (χ3n) is 5.23. The molecule has 0 saturated carbocycles. The second-order valence-electron chi connectivity index (χ2n) is 7.68. The van der Waals surface area contributed by atoms with E-state index in [0.29, 0.717) is 26.8 Å². The summed E-state index contributed by atoms with van der Waals surface area (Å²) < 4.78 is 37.8. The first-order valence-corrected chi connectivity index (χ1v) is 13.8. The van der Waals surface area contributed by atoms with Gasteiger partial charge < -0.3 is 14.6 Å². The molecule has 0 spiro atoms. The number of nitrogens with one attached hydrogen (secondary N) is 2. The van der Waals surface area contributed by atoms with Gasteiger partial charge in [-0.2, -0.15) is 8.42 Å². The van der Waals surface area contributed by atoms with Gasteiger partial charge in [0.2, 0.25) is 5.88 Å². The van der Waals surface area contributed by atoms with Gasteiger partial charge in [-0.3, -0.25) is 0 Å². The number of ether oxygens (including phenoxy) is 1. The molecule has 186 valence electrons. The summed E-state index contributed by atoms with van der Waals surface area (Å²) in [5.41, 5.74) is 2.04. The normalized spacial score (nSPS) is 11.6. The third-order valence-corrected chi connectivity index (χ3v) is 7.81. The van der Waals surface area contributed by atoms with E-state index in [-0.39, 0.29) is 17.6 Å². The Labute approximate surface area is 221 Å². The molecule has 0 aliphatic carbocycles. The van der Waals surface area contributed by atoms with E-state index in [4.69, 9.17) is 27.9 Å². The van der Waals surface area contributed by atoms with Gasteiger partial charge in [-0.15, -0.1) is 9.19 Å². The number of halogens is 2. The fraction of sp³-hybridized carbons (Fsp3) is 0.130. The van der Waals surface area contributed by atoms with Crippen LogP contribution in [-0.4, -0.2) is 33.7 Å². The van der Waals surface area contributed by atoms with Crippen LogP contribution in [0.25, 0.3) is 10.9 Å². The minimum Gasteiger partial charge on any atom is -0.471 e. The molecule has 0 atom stereocenters. The van der Waals surface area contributed by atoms with E-state index in [1.165, 1.54) is 6.20 Å². The molecule has 2 N–H and O–H groups in total. The van der Waals surface area contributed by atoms with Crippen LogP contribution in [0.4, 0.5) is 10.8 Å². The number of hydrogen-bond acceptors (Lipinski definition) is 7. The molecule has 36 heavy (non-hydrogen) atoms. The molecular weight excluding hydrogens is 543 g/mol. The Kier molecular flexibility index (Phi) is 7.06. The van der Waals surface area contributed by atoms with Crippen LogP contribution in [0.1, 0.15) is 5.56 Å². The monoisotopic (exact) mass is 562 g/mol. The molecule has 5 rings (SSSR count). The van der Waals surface area contributed by atoms with E-state index < -0.39 is 10.2 Å². The number of benzene rings is 2. The van der Waals surface area contributed by atoms with Gasteiger partial charge in [-0.05, 0) is 36.4 Å². The van der Waals surface area contributed by atoms with Gasteiger partial charge in [0.25, 0.3) is 0 Å². The number of anilines is 2. The molecule has 0 aliphatic heterocycles. The van der Waals surface area contributed by atoms with Crippen LogP contribution in [0.3, 0.4) is 0 Å². The summed E-state index contributed by atoms with van der Waals surface area (Å²) in [5.74, 6) is 0.182. The zero-order chi connectivity index (χ0) is 25.1. The van der Waals surface area contributed by atoms with Gasteiger partial charge in [0, 0.05) is 41.8 Å². The Morgan fingerprint density at radius 1 is 1.06 bits per heavy atom. The Morgan fingerprint density at radius 2 is 1.86 bits per heavy atom. The van der Waals surface area contributed by atoms with Crippen molar-refractivity contribution in [3.05, 3.63) is 88.1 Å². The second kappa shape index (κ2) is 10.4. The molecular formula is C23H20Cl2N6O3S2. The molecule has 3 aromatic heterocycles. The standard InChI is InChI=1S/C23H20Cl2N6O3S2/c24-17-8-7-16(19(13-17)26-9-12-30-10-3-4-11-30)15-34-22-18-5-1-2-6-20(18)31(28-22)36(32,33)29-23-27-14-21(25)35-23/h1-8,10-11,13-14,26H,9,12,15H2,(H,27,29). The van der Waals surface area contributed by atoms with Gasteiger partial charge in [0.1, 0.15) is 10.9 Å². The van der Waals surface area contributed by atoms with E-state index in [2.05, 4.69) is 24.7 Å². The molecule has 0 amide bonds. The fourth-order valence-corrected chi connectivity index (χ4v) is 5.86. The lowest BCUT2D eigenvalue weighted by molar-refractivity contribution is 0.296. The zero-order valence-corrected chi connectivity index (χ0v) is 21.8. The number of rotatable bonds is 10. The first-order chi connectivity index (χ1) is 17.4. The Balaban J connectivity index is 1.37. The van der Waals surface area contributed by atoms with Crippen molar-refractivity contribution in [1.82, 2.24) is 18.7 Å². The highest BCUT2D eigenvalue weighted by molar-refractivity contribution is 7.91. The van der Waals surface area contributed by atoms with E-state index in [1.807, 2.05) is 36.7 Å². The largest absolute Gasteiger partial charge is 0.471 e. The highest BCUT2D eigenvalue weighted by atomic mass is 35.5. The first-order valence-electron chi connectivity index (χ1n) is 10.8. The van der Waals surface area contributed by atoms with Gasteiger partial charge in [-0.1, -0.05) is 52.7 Å². The van der Waals surface area contributed by atoms with E-state index in [0.717, 1.165) is 33.2 Å². The predicted molar refractivity (Wildman–Crippen MR) is 144 cm³/mol. The fourth-order valence-electron chi connectivity index (χ4n) is 3.58. The van der Waals surface area contributed by atoms with Crippen LogP contribution in [0, 0.1) is 0 Å². The maximum atomic E-state index is 13.1. The van der Waals surface area contributed by atoms with Gasteiger partial charge in [0.15, 0.2) is 5.13 Å². The Morgan fingerprint density at radius 3 is 2.64 bits per heavy atom. The average molecular weight is 563 g/mol. The lowest BCUT2D eigenvalue weighted by Gasteiger charge is -2.13. The van der Waals surface area contributed by atoms with Crippen molar-refractivity contribution in [2.45, 2.75) is 13.2 Å². The molecule has 5 aromatic rings. The number of thiazole rings is 1. The summed E-state index contributed by atoms with van der Waals surface area (Å²) in [6, 6.07) is 16.4. The summed E-state index contributed by atoms with van der Waals surface area (Å²) in [6.07, 6.45) is 5.37. The maximum Gasteiger partial charge on any atom is 0.345 e. The highest BCUT2D eigenvalue weighted by Crippen LogP contribution is 2.30. The average Bonchev–Trinajstić information content (AvgIpc) is 3.59. The predicted octanol–water partition coefficient (Wildman–Crippen LogP) is 5.50. The topological polar surface area (TPSA) is 103 Å². The van der Waals surface area contributed by atoms with Crippen LogP contribution >= 0.6 is 34.5 Å². The Bertz CT molecular complexity index is 1600. The lowest BCUT2D eigenvalue weighted by atomic mass is 10.2. The third kappa shape index (κ3) is 5.44. The van der Waals surface area contributed by atoms with Crippen LogP contribution < -0.4 is 14.8 Å². The van der Waals surface area contributed by atoms with Gasteiger partial charge in [0.05, 0.1) is 17.1 Å². The SMILES string of the molecule is O=S(=O)(Nc1ncc(Cl)s1)n1nc(OCc2ccc(Cl)cc2NCCn2cccc2)c2ccccc21. The molecule has 0 bridgehead atoms. The molecule has 0 aliphatic rings. The van der Waals surface area contributed by atoms with E-state index >= 15 is 0 Å². The highest BCUT2D eigenvalue weighted by Gasteiger charge is 2.23. The molecule has 0 unspecified atom stereocenters. The van der Waals surface area contributed by atoms with Crippen molar-refractivity contribution in [2.24, 2.45) is 0 Å². The number of hydrogen-bond donors (Lipinski definition) is 2. The summed E-state index contributed by atoms with van der Waals surface area (Å²) in [5, 5.41) is 8.94. The second-order valence-corrected chi connectivity index (χ2v) is 11.3. The van der Waals surface area contributed by atoms with Crippen LogP contribution in [0.2, 0.25) is 9.36 Å². The minimum absolute atomic E-state index is 0.138. The number of aromatic nitrogens is 4. The summed E-state index contributed by atoms with van der Waals surface area (Å²) in [4.78, 5) is 3.95. The van der Waals surface area contributed by atoms with Crippen molar-refractivity contribution in [2.75, 3.05) is 16.6 Å². The smallest absolute Gasteiger partial charge is 0.345 e. The number of fused-ring (bicyclic) bond motifs is 1. The van der Waals surface area contributed by atoms with Gasteiger partial charge in [-0.25, -0.2) is 9.71 Å². The van der Waals surface area contributed by atoms with Crippen LogP contribution in [0.5, 0.6) is 5.88 Å². The van der Waals surface area contributed by atoms with Crippen LogP contribution in [0.15, 0.2) is 73.2 Å². The quantitative estimate of drug-likeness (QED) is 0.233. The number of para-hydroxylation sites is 1. The summed E-state index contributed by atoms with van der Waals surface area (Å²) >= 11 is 13.1. The van der Waals surface area contributed by atoms with E-state index in [9.17, 15) is 8.42 Å². The van der Waals surface area contributed by atoms with Crippen molar-refractivity contribution in [3.8, 4) is 5.88 Å². The Hall–Kier alpha value is -3.25. The van der Waals surface area contributed by atoms with Gasteiger partial charge >= 0.3 is 10.2 Å². The molecule has 9 nitrogen and oxygen atoms in total. The number of nitrogens with zero attached hydrogens (tertiary/aromatic N) is 4. The molecule has 13 heteroatoms. The molecule has 3 heterocycles. The van der Waals surface area contributed by atoms with Crippen molar-refractivity contribution < 1.29 is 13.2 Å². The molecule has 0 fully saturated rings. The molecule has 2 aromatic carbocycles. The zero-order valence-electron chi connectivity index (χ0n) is 18.6. The van der Waals surface area contributed by atoms with E-state index in [1.54, 1.807) is 30.3 Å².